The Kier molecular flexibility index (Phi) is 77.0. The molecule has 12 aromatic rings. The van der Waals surface area contributed by atoms with Gasteiger partial charge in [0.2, 0.25) is 0 Å². The monoisotopic (exact) mass is 1740 g/mol. The van der Waals surface area contributed by atoms with Crippen molar-refractivity contribution in [3.8, 4) is 34.1 Å². The van der Waals surface area contributed by atoms with Crippen LogP contribution >= 0.6 is 0 Å². The van der Waals surface area contributed by atoms with Crippen LogP contribution in [0.1, 0.15) is 237 Å². The summed E-state index contributed by atoms with van der Waals surface area (Å²) in [5.74, 6) is 5.36. The Morgan fingerprint density at radius 3 is 0.855 bits per heavy atom. The van der Waals surface area contributed by atoms with Crippen molar-refractivity contribution in [2.75, 3.05) is 28.2 Å². The summed E-state index contributed by atoms with van der Waals surface area (Å²) in [5.41, 5.74) is 27.6. The van der Waals surface area contributed by atoms with Crippen molar-refractivity contribution < 1.29 is 46.9 Å². The number of hydrogen-bond donors (Lipinski definition) is 0. The Bertz CT molecular complexity index is 4500. The summed E-state index contributed by atoms with van der Waals surface area (Å²) >= 11 is 0. The smallest absolute Gasteiger partial charge is 0.0487 e. The third-order valence-electron chi connectivity index (χ3n) is 16.2. The standard InChI is InChI=1S/C16H14.C15H14.C14H14.2C12H12.C8H10.C5H9N2.2C4H9N.C4H6.C2H6N2.7C2H6.Yb/c1-11-3-7-15-13(9-11)5-6-14-10-12(2)4-8-16(14)15;1-10-4-6-14-13(7-10)9-12-5-3-11(2)8-15(12)14;1-11-3-7-13(8-4-11)14-9-5-12(2)6-10-14;1-9-3-5-12-8-10(2)4-6-11(12)7-9;1-9-5-3-8-12-10(2)6-4-7-11(9)12;1-7-3-5-8(2)6-4-7;1-4-6-7-5(2)3;2*1-4(2)5-3;2*1-3-4-2;7*1-2;/h3-10H,1-2H3;3-8H,9H2,1-2H3;3-10H,1-2H3;2*3-8H,1-2H3;3-6H,1-2H3;1-3H3;2*1-3H3;2*1-2H3;7*1-2H3;/q;;;;;;-1;;;;;;;;;;;;. The van der Waals surface area contributed by atoms with Crippen molar-refractivity contribution >= 4 is 66.4 Å². The summed E-state index contributed by atoms with van der Waals surface area (Å²) < 4.78 is 0. The summed E-state index contributed by atoms with van der Waals surface area (Å²) in [6.07, 6.45) is 3.64. The second kappa shape index (κ2) is 75.8. The van der Waals surface area contributed by atoms with Crippen molar-refractivity contribution in [3.63, 3.8) is 0 Å². The van der Waals surface area contributed by atoms with Gasteiger partial charge in [-0.15, -0.1) is 11.8 Å². The van der Waals surface area contributed by atoms with E-state index in [4.69, 9.17) is 0 Å². The molecule has 0 heterocycles. The van der Waals surface area contributed by atoms with E-state index in [1.54, 1.807) is 35.1 Å². The Balaban J connectivity index is -0.000000292. The molecular weight excluding hydrogens is 1580 g/mol. The molecule has 1 aliphatic rings. The zero-order chi connectivity index (χ0) is 89.7. The van der Waals surface area contributed by atoms with Gasteiger partial charge in [-0.3, -0.25) is 9.98 Å². The summed E-state index contributed by atoms with van der Waals surface area (Å²) in [5, 5.41) is 24.7. The van der Waals surface area contributed by atoms with Crippen molar-refractivity contribution in [2.24, 2.45) is 30.4 Å². The van der Waals surface area contributed by atoms with Gasteiger partial charge in [0.25, 0.3) is 0 Å². The maximum atomic E-state index is 3.81. The van der Waals surface area contributed by atoms with Crippen molar-refractivity contribution in [1.29, 1.82) is 0 Å². The number of hydrogen-bond acceptors (Lipinski definition) is 6. The van der Waals surface area contributed by atoms with Gasteiger partial charge in [0.1, 0.15) is 0 Å². The summed E-state index contributed by atoms with van der Waals surface area (Å²) in [7, 11) is 6.85. The number of nitrogens with zero attached hydrogens (tertiary/aromatic N) is 6. The van der Waals surface area contributed by atoms with Gasteiger partial charge in [0.15, 0.2) is 0 Å². The van der Waals surface area contributed by atoms with Gasteiger partial charge < -0.3 is 11.3 Å². The van der Waals surface area contributed by atoms with Gasteiger partial charge in [0.05, 0.1) is 0 Å². The molecule has 6 nitrogen and oxygen atoms in total. The topological polar surface area (TPSA) is 74.2 Å². The SMILES string of the molecule is CC.CC.CC.CC.CC.CC.CC.CC#CC.CN=C(C)C.CN=C(C)C.CN=NC.C[C-]=NN=C(C)C.Cc1ccc(-c2ccc(C)cc2)cc1.Cc1ccc(C)cc1.Cc1ccc2c(c1)Cc1ccc(C)cc1-2.Cc1ccc2c(ccc3cc(C)ccc32)c1.Cc1ccc2cc(C)ccc2c1.Cc1cccc2c(C)cccc12.[Yb]. The molecule has 0 saturated heterocycles. The average molecular weight is 1740 g/mol. The third kappa shape index (κ3) is 52.5. The summed E-state index contributed by atoms with van der Waals surface area (Å²) in [6, 6.07) is 83.0. The first-order valence-corrected chi connectivity index (χ1v) is 42.1. The minimum absolute atomic E-state index is 0. The second-order valence-electron chi connectivity index (χ2n) is 26.1. The third-order valence-corrected chi connectivity index (χ3v) is 16.2. The number of rotatable bonds is 2. The molecule has 0 spiro atoms. The van der Waals surface area contributed by atoms with Gasteiger partial charge in [-0.1, -0.05) is 383 Å². The molecule has 0 bridgehead atoms. The number of benzene rings is 12. The van der Waals surface area contributed by atoms with Crippen LogP contribution in [0.4, 0.5) is 0 Å². The van der Waals surface area contributed by atoms with Crippen LogP contribution < -0.4 is 0 Å². The molecule has 0 saturated carbocycles. The number of aryl methyl sites for hydroxylation is 12. The average Bonchev–Trinajstić information content (AvgIpc) is 1.75. The van der Waals surface area contributed by atoms with Crippen LogP contribution in [-0.2, 0) is 6.42 Å². The quantitative estimate of drug-likeness (QED) is 0.0413. The van der Waals surface area contributed by atoms with Gasteiger partial charge in [-0.05, 0) is 232 Å². The largest absolute Gasteiger partial charge is 0.376 e. The Morgan fingerprint density at radius 2 is 0.556 bits per heavy atom. The predicted molar refractivity (Wildman–Crippen MR) is 536 cm³/mol. The minimum Gasteiger partial charge on any atom is -0.376 e. The molecule has 1 aliphatic carbocycles. The summed E-state index contributed by atoms with van der Waals surface area (Å²) in [4.78, 5) is 7.61. The fourth-order valence-corrected chi connectivity index (χ4v) is 10.1. The molecule has 0 unspecified atom stereocenters. The van der Waals surface area contributed by atoms with E-state index in [-0.39, 0.29) is 46.9 Å². The normalized spacial score (nSPS) is 9.09. The maximum absolute atomic E-state index is 3.81. The van der Waals surface area contributed by atoms with E-state index >= 15 is 0 Å². The second-order valence-corrected chi connectivity index (χ2v) is 26.1. The van der Waals surface area contributed by atoms with Gasteiger partial charge in [-0.2, -0.15) is 22.3 Å². The number of fused-ring (bicyclic) bond motifs is 8. The molecule has 0 radical (unpaired) electrons. The van der Waals surface area contributed by atoms with Crippen LogP contribution in [0.5, 0.6) is 0 Å². The zero-order valence-electron chi connectivity index (χ0n) is 80.6. The Morgan fingerprint density at radius 1 is 0.282 bits per heavy atom. The number of aliphatic imine (C=N–C) groups is 2. The molecule has 117 heavy (non-hydrogen) atoms. The molecule has 642 valence electrons. The first-order valence-electron chi connectivity index (χ1n) is 42.1. The first-order chi connectivity index (χ1) is 55.7. The predicted octanol–water partition coefficient (Wildman–Crippen LogP) is 34.1. The molecule has 0 N–H and O–H groups in total. The van der Waals surface area contributed by atoms with Crippen LogP contribution in [-0.4, -0.2) is 51.5 Å². The maximum Gasteiger partial charge on any atom is 0.0487 e. The molecule has 0 amide bonds. The molecule has 0 fully saturated rings. The Hall–Kier alpha value is -8.96. The molecule has 12 aromatic carbocycles. The van der Waals surface area contributed by atoms with Crippen molar-refractivity contribution in [3.05, 3.63) is 308 Å². The molecule has 0 aliphatic heterocycles. The van der Waals surface area contributed by atoms with E-state index in [1.165, 1.54) is 143 Å². The van der Waals surface area contributed by atoms with E-state index in [9.17, 15) is 0 Å². The van der Waals surface area contributed by atoms with E-state index in [0.717, 1.165) is 23.6 Å². The molecule has 7 heteroatoms. The number of azo groups is 1. The van der Waals surface area contributed by atoms with Gasteiger partial charge in [0, 0.05) is 92.2 Å². The molecule has 0 atom stereocenters. The summed E-state index contributed by atoms with van der Waals surface area (Å²) in [6.45, 7) is 70.6. The van der Waals surface area contributed by atoms with Crippen molar-refractivity contribution in [2.45, 2.75) is 249 Å². The Labute approximate surface area is 756 Å². The van der Waals surface area contributed by atoms with Gasteiger partial charge >= 0.3 is 0 Å². The fraction of sp³-hybridized carbons (Fsp3) is 0.364. The van der Waals surface area contributed by atoms with E-state index in [0.29, 0.717) is 0 Å². The van der Waals surface area contributed by atoms with E-state index in [1.807, 2.05) is 152 Å². The first kappa shape index (κ1) is 119. The molecule has 13 rings (SSSR count). The van der Waals surface area contributed by atoms with Gasteiger partial charge in [-0.25, -0.2) is 0 Å². The fourth-order valence-electron chi connectivity index (χ4n) is 10.1. The minimum atomic E-state index is 0. The van der Waals surface area contributed by atoms with Crippen LogP contribution in [0.2, 0.25) is 0 Å². The van der Waals surface area contributed by atoms with Crippen LogP contribution in [0.3, 0.4) is 0 Å². The van der Waals surface area contributed by atoms with Crippen LogP contribution in [0, 0.1) is 142 Å². The molecule has 0 aromatic heterocycles. The van der Waals surface area contributed by atoms with Crippen LogP contribution in [0.25, 0.3) is 65.3 Å². The van der Waals surface area contributed by atoms with Crippen molar-refractivity contribution in [1.82, 2.24) is 0 Å². The van der Waals surface area contributed by atoms with E-state index < -0.39 is 0 Å². The van der Waals surface area contributed by atoms with E-state index in [2.05, 4.69) is 362 Å². The zero-order valence-corrected chi connectivity index (χ0v) is 82.3. The molecular formula is C110H157N6Yb-. The van der Waals surface area contributed by atoms with Crippen LogP contribution in [0.15, 0.2) is 261 Å².